The zero-order valence-electron chi connectivity index (χ0n) is 8.84. The van der Waals surface area contributed by atoms with Gasteiger partial charge in [0.05, 0.1) is 18.0 Å². The molecule has 0 aliphatic carbocycles. The number of nitrogens with zero attached hydrogens (tertiary/aromatic N) is 2. The summed E-state index contributed by atoms with van der Waals surface area (Å²) >= 11 is 0. The lowest BCUT2D eigenvalue weighted by atomic mass is 10.2. The number of hydrogen-bond acceptors (Lipinski definition) is 6. The average molecular weight is 238 g/mol. The van der Waals surface area contributed by atoms with E-state index in [1.807, 2.05) is 4.98 Å². The van der Waals surface area contributed by atoms with Crippen molar-refractivity contribution in [3.05, 3.63) is 32.7 Å². The molecule has 17 heavy (non-hydrogen) atoms. The van der Waals surface area contributed by atoms with E-state index in [4.69, 9.17) is 0 Å². The van der Waals surface area contributed by atoms with E-state index < -0.39 is 23.5 Å². The van der Waals surface area contributed by atoms with Gasteiger partial charge in [-0.3, -0.25) is 14.8 Å². The number of H-pyrrole nitrogens is 2. The number of aromatic amines is 2. The SMILES string of the molecule is C[C@@H](O)[C@@H](O)c1cnc2[nH]c(=O)[nH]c(=O)c2n1. The van der Waals surface area contributed by atoms with Crippen LogP contribution in [-0.4, -0.2) is 36.3 Å². The molecule has 0 amide bonds. The molecular weight excluding hydrogens is 228 g/mol. The highest BCUT2D eigenvalue weighted by molar-refractivity contribution is 5.67. The molecule has 2 aromatic rings. The van der Waals surface area contributed by atoms with Crippen LogP contribution in [0.15, 0.2) is 15.8 Å². The van der Waals surface area contributed by atoms with Crippen LogP contribution in [0.5, 0.6) is 0 Å². The average Bonchev–Trinajstić information content (AvgIpc) is 2.27. The highest BCUT2D eigenvalue weighted by Crippen LogP contribution is 2.13. The predicted molar refractivity (Wildman–Crippen MR) is 57.4 cm³/mol. The van der Waals surface area contributed by atoms with Crippen LogP contribution in [0, 0.1) is 0 Å². The van der Waals surface area contributed by atoms with E-state index in [1.54, 1.807) is 0 Å². The van der Waals surface area contributed by atoms with Gasteiger partial charge in [0, 0.05) is 0 Å². The van der Waals surface area contributed by atoms with E-state index in [-0.39, 0.29) is 16.9 Å². The highest BCUT2D eigenvalue weighted by atomic mass is 16.3. The van der Waals surface area contributed by atoms with Crippen LogP contribution < -0.4 is 11.2 Å². The molecule has 2 aromatic heterocycles. The third-order valence-electron chi connectivity index (χ3n) is 2.23. The lowest BCUT2D eigenvalue weighted by Crippen LogP contribution is -2.24. The monoisotopic (exact) mass is 238 g/mol. The topological polar surface area (TPSA) is 132 Å². The van der Waals surface area contributed by atoms with E-state index in [1.165, 1.54) is 13.1 Å². The summed E-state index contributed by atoms with van der Waals surface area (Å²) in [5.74, 6) is 0. The van der Waals surface area contributed by atoms with Gasteiger partial charge in [-0.1, -0.05) is 0 Å². The van der Waals surface area contributed by atoms with Crippen molar-refractivity contribution in [2.75, 3.05) is 0 Å². The van der Waals surface area contributed by atoms with Gasteiger partial charge in [0.15, 0.2) is 11.2 Å². The Morgan fingerprint density at radius 2 is 2.00 bits per heavy atom. The molecule has 0 unspecified atom stereocenters. The fourth-order valence-electron chi connectivity index (χ4n) is 1.34. The number of hydrogen-bond donors (Lipinski definition) is 4. The van der Waals surface area contributed by atoms with Crippen molar-refractivity contribution in [3.63, 3.8) is 0 Å². The first-order valence-corrected chi connectivity index (χ1v) is 4.84. The molecule has 0 aliphatic heterocycles. The van der Waals surface area contributed by atoms with Crippen LogP contribution in [0.4, 0.5) is 0 Å². The summed E-state index contributed by atoms with van der Waals surface area (Å²) in [7, 11) is 0. The van der Waals surface area contributed by atoms with Crippen LogP contribution in [-0.2, 0) is 0 Å². The Hall–Kier alpha value is -2.06. The second-order valence-corrected chi connectivity index (χ2v) is 3.59. The molecule has 8 heteroatoms. The van der Waals surface area contributed by atoms with Crippen molar-refractivity contribution in [3.8, 4) is 0 Å². The lowest BCUT2D eigenvalue weighted by molar-refractivity contribution is 0.0278. The van der Waals surface area contributed by atoms with Gasteiger partial charge >= 0.3 is 5.69 Å². The van der Waals surface area contributed by atoms with E-state index in [0.717, 1.165) is 0 Å². The van der Waals surface area contributed by atoms with Gasteiger partial charge in [0.2, 0.25) is 0 Å². The minimum atomic E-state index is -1.24. The summed E-state index contributed by atoms with van der Waals surface area (Å²) in [5.41, 5.74) is -1.39. The van der Waals surface area contributed by atoms with Crippen LogP contribution in [0.1, 0.15) is 18.7 Å². The molecule has 90 valence electrons. The first kappa shape index (κ1) is 11.4. The summed E-state index contributed by atoms with van der Waals surface area (Å²) < 4.78 is 0. The van der Waals surface area contributed by atoms with Gasteiger partial charge in [0.25, 0.3) is 5.56 Å². The molecule has 0 saturated carbocycles. The largest absolute Gasteiger partial charge is 0.390 e. The Morgan fingerprint density at radius 1 is 1.29 bits per heavy atom. The second kappa shape index (κ2) is 4.07. The van der Waals surface area contributed by atoms with Gasteiger partial charge in [-0.15, -0.1) is 0 Å². The Labute approximate surface area is 94.0 Å². The molecule has 8 nitrogen and oxygen atoms in total. The summed E-state index contributed by atoms with van der Waals surface area (Å²) in [6, 6.07) is 0. The smallest absolute Gasteiger partial charge is 0.327 e. The van der Waals surface area contributed by atoms with Gasteiger partial charge in [0.1, 0.15) is 6.10 Å². The number of aliphatic hydroxyl groups excluding tert-OH is 2. The van der Waals surface area contributed by atoms with E-state index in [2.05, 4.69) is 15.0 Å². The Balaban J connectivity index is 2.66. The van der Waals surface area contributed by atoms with E-state index in [0.29, 0.717) is 0 Å². The number of aromatic nitrogens is 4. The molecule has 2 atom stereocenters. The van der Waals surface area contributed by atoms with Crippen LogP contribution in [0.3, 0.4) is 0 Å². The molecule has 0 spiro atoms. The third-order valence-corrected chi connectivity index (χ3v) is 2.23. The Bertz CT molecular complexity index is 660. The first-order chi connectivity index (χ1) is 7.99. The molecular formula is C9H10N4O4. The molecule has 4 N–H and O–H groups in total. The zero-order valence-corrected chi connectivity index (χ0v) is 8.84. The zero-order chi connectivity index (χ0) is 12.6. The van der Waals surface area contributed by atoms with Gasteiger partial charge < -0.3 is 10.2 Å². The van der Waals surface area contributed by atoms with Crippen molar-refractivity contribution in [2.24, 2.45) is 0 Å². The van der Waals surface area contributed by atoms with Gasteiger partial charge in [-0.05, 0) is 6.92 Å². The maximum absolute atomic E-state index is 11.4. The fraction of sp³-hybridized carbons (Fsp3) is 0.333. The van der Waals surface area contributed by atoms with Gasteiger partial charge in [-0.25, -0.2) is 14.8 Å². The maximum atomic E-state index is 11.4. The Morgan fingerprint density at radius 3 is 2.65 bits per heavy atom. The van der Waals surface area contributed by atoms with Gasteiger partial charge in [-0.2, -0.15) is 0 Å². The van der Waals surface area contributed by atoms with Crippen LogP contribution in [0.2, 0.25) is 0 Å². The standard InChI is InChI=1S/C9H10N4O4/c1-3(14)6(15)4-2-10-7-5(11-4)8(16)13-9(17)12-7/h2-3,6,14-15H,1H3,(H2,10,12,13,16,17)/t3-,6-/m1/s1. The second-order valence-electron chi connectivity index (χ2n) is 3.59. The minimum Gasteiger partial charge on any atom is -0.390 e. The molecule has 2 heterocycles. The third kappa shape index (κ3) is 2.08. The molecule has 0 aliphatic rings. The van der Waals surface area contributed by atoms with Crippen molar-refractivity contribution >= 4 is 11.2 Å². The van der Waals surface area contributed by atoms with E-state index in [9.17, 15) is 19.8 Å². The number of rotatable bonds is 2. The normalized spacial score (nSPS) is 14.8. The lowest BCUT2D eigenvalue weighted by Gasteiger charge is -2.12. The minimum absolute atomic E-state index is 0.0280. The first-order valence-electron chi connectivity index (χ1n) is 4.84. The quantitative estimate of drug-likeness (QED) is 0.499. The molecule has 0 aromatic carbocycles. The summed E-state index contributed by atoms with van der Waals surface area (Å²) in [4.78, 5) is 34.3. The van der Waals surface area contributed by atoms with Crippen molar-refractivity contribution in [2.45, 2.75) is 19.1 Å². The molecule has 0 radical (unpaired) electrons. The number of nitrogens with one attached hydrogen (secondary N) is 2. The summed E-state index contributed by atoms with van der Waals surface area (Å²) in [6.45, 7) is 1.38. The van der Waals surface area contributed by atoms with Crippen LogP contribution >= 0.6 is 0 Å². The Kier molecular flexibility index (Phi) is 2.74. The van der Waals surface area contributed by atoms with E-state index >= 15 is 0 Å². The van der Waals surface area contributed by atoms with Crippen molar-refractivity contribution in [1.29, 1.82) is 0 Å². The van der Waals surface area contributed by atoms with Crippen molar-refractivity contribution in [1.82, 2.24) is 19.9 Å². The van der Waals surface area contributed by atoms with Crippen LogP contribution in [0.25, 0.3) is 11.2 Å². The molecule has 2 rings (SSSR count). The number of fused-ring (bicyclic) bond motifs is 1. The molecule has 0 saturated heterocycles. The summed E-state index contributed by atoms with van der Waals surface area (Å²) in [6.07, 6.45) is -1.09. The fourth-order valence-corrected chi connectivity index (χ4v) is 1.34. The predicted octanol–water partition coefficient (Wildman–Crippen LogP) is -1.58. The molecule has 0 bridgehead atoms. The molecule has 0 fully saturated rings. The highest BCUT2D eigenvalue weighted by Gasteiger charge is 2.17. The summed E-state index contributed by atoms with van der Waals surface area (Å²) in [5, 5.41) is 18.8. The van der Waals surface area contributed by atoms with Crippen molar-refractivity contribution < 1.29 is 10.2 Å². The number of aliphatic hydroxyl groups is 2. The maximum Gasteiger partial charge on any atom is 0.327 e.